The summed E-state index contributed by atoms with van der Waals surface area (Å²) in [6, 6.07) is 30.9. The quantitative estimate of drug-likeness (QED) is 0.148. The van der Waals surface area contributed by atoms with Gasteiger partial charge in [0.25, 0.3) is 0 Å². The lowest BCUT2D eigenvalue weighted by Crippen LogP contribution is -2.51. The Morgan fingerprint density at radius 3 is 1.15 bits per heavy atom. The highest BCUT2D eigenvalue weighted by molar-refractivity contribution is 7.90. The van der Waals surface area contributed by atoms with Gasteiger partial charge in [0.15, 0.2) is 11.3 Å². The van der Waals surface area contributed by atoms with Gasteiger partial charge in [0.2, 0.25) is 20.0 Å². The van der Waals surface area contributed by atoms with Crippen LogP contribution in [0.2, 0.25) is 0 Å². The summed E-state index contributed by atoms with van der Waals surface area (Å²) in [5, 5.41) is -1.18. The van der Waals surface area contributed by atoms with Crippen molar-refractivity contribution in [3.8, 4) is 23.0 Å². The monoisotopic (exact) mass is 782 g/mol. The third kappa shape index (κ3) is 10.3. The van der Waals surface area contributed by atoms with E-state index < -0.39 is 54.0 Å². The molecular formula is C42H52F2N2O6S2. The molecule has 4 aromatic carbocycles. The Bertz CT molecular complexity index is 1850. The first-order chi connectivity index (χ1) is 25.6. The van der Waals surface area contributed by atoms with Crippen LogP contribution in [0.15, 0.2) is 109 Å². The molecule has 4 aromatic rings. The fraction of sp³-hybridized carbons (Fsp3) is 0.429. The summed E-state index contributed by atoms with van der Waals surface area (Å²) in [5.41, 5.74) is -2.46. The molecule has 0 aromatic heterocycles. The number of nitrogens with one attached hydrogen (secondary N) is 2. The number of para-hydroxylation sites is 2. The predicted molar refractivity (Wildman–Crippen MR) is 210 cm³/mol. The standard InChI is InChI=1S/2C21H26FNO3S/c2*1-16(2)27(24,25)23-20-10-6-7-15-21(20,22)17-11-13-19(14-12-17)26-18-8-4-3-5-9-18/h2*3-5,8-9,11-14,16,20,23H,6-7,10,15H2,1-2H3/t20-,21+;20-,21-/m00/s1. The van der Waals surface area contributed by atoms with Crippen molar-refractivity contribution in [1.29, 1.82) is 0 Å². The Balaban J connectivity index is 0.000000208. The number of alkyl halides is 2. The Morgan fingerprint density at radius 1 is 0.519 bits per heavy atom. The second-order valence-electron chi connectivity index (χ2n) is 14.6. The Hall–Kier alpha value is -3.84. The molecule has 2 fully saturated rings. The molecule has 292 valence electrons. The topological polar surface area (TPSA) is 111 Å². The van der Waals surface area contributed by atoms with Crippen molar-refractivity contribution in [2.24, 2.45) is 0 Å². The maximum atomic E-state index is 16.0. The lowest BCUT2D eigenvalue weighted by molar-refractivity contribution is 0.0711. The number of hydrogen-bond donors (Lipinski definition) is 2. The largest absolute Gasteiger partial charge is 0.457 e. The van der Waals surface area contributed by atoms with Crippen molar-refractivity contribution in [1.82, 2.24) is 9.44 Å². The zero-order valence-corrected chi connectivity index (χ0v) is 33.0. The molecule has 0 saturated heterocycles. The van der Waals surface area contributed by atoms with E-state index >= 15 is 8.78 Å². The van der Waals surface area contributed by atoms with Gasteiger partial charge in [-0.15, -0.1) is 0 Å². The average molecular weight is 783 g/mol. The molecule has 2 N–H and O–H groups in total. The van der Waals surface area contributed by atoms with Crippen LogP contribution in [0.1, 0.15) is 90.2 Å². The van der Waals surface area contributed by atoms with Crippen LogP contribution in [-0.2, 0) is 31.4 Å². The van der Waals surface area contributed by atoms with Crippen molar-refractivity contribution < 1.29 is 35.1 Å². The van der Waals surface area contributed by atoms with Crippen LogP contribution in [-0.4, -0.2) is 39.4 Å². The van der Waals surface area contributed by atoms with Gasteiger partial charge in [-0.2, -0.15) is 0 Å². The van der Waals surface area contributed by atoms with E-state index in [0.29, 0.717) is 59.8 Å². The molecule has 2 aliphatic rings. The van der Waals surface area contributed by atoms with Gasteiger partial charge in [0.05, 0.1) is 22.6 Å². The van der Waals surface area contributed by atoms with E-state index in [1.807, 2.05) is 60.7 Å². The van der Waals surface area contributed by atoms with Crippen molar-refractivity contribution >= 4 is 20.0 Å². The van der Waals surface area contributed by atoms with Crippen LogP contribution < -0.4 is 18.9 Å². The molecule has 0 radical (unpaired) electrons. The van der Waals surface area contributed by atoms with Crippen LogP contribution in [0.3, 0.4) is 0 Å². The smallest absolute Gasteiger partial charge is 0.214 e. The zero-order valence-electron chi connectivity index (χ0n) is 31.4. The highest BCUT2D eigenvalue weighted by atomic mass is 32.2. The summed E-state index contributed by atoms with van der Waals surface area (Å²) in [6.07, 6.45) is 4.68. The number of rotatable bonds is 12. The maximum Gasteiger partial charge on any atom is 0.214 e. The first kappa shape index (κ1) is 41.3. The van der Waals surface area contributed by atoms with E-state index in [4.69, 9.17) is 9.47 Å². The number of sulfonamides is 2. The van der Waals surface area contributed by atoms with Gasteiger partial charge in [-0.1, -0.05) is 73.5 Å². The molecule has 2 saturated carbocycles. The Labute approximate surface area is 319 Å². The maximum absolute atomic E-state index is 16.0. The van der Waals surface area contributed by atoms with Crippen molar-refractivity contribution in [2.75, 3.05) is 0 Å². The first-order valence-corrected chi connectivity index (χ1v) is 21.8. The Kier molecular flexibility index (Phi) is 13.6. The van der Waals surface area contributed by atoms with Crippen LogP contribution in [0.4, 0.5) is 8.78 Å². The lowest BCUT2D eigenvalue weighted by atomic mass is 9.77. The molecule has 0 amide bonds. The normalized spacial score (nSPS) is 23.3. The van der Waals surface area contributed by atoms with Gasteiger partial charge in [0, 0.05) is 0 Å². The molecule has 12 heteroatoms. The molecule has 6 rings (SSSR count). The van der Waals surface area contributed by atoms with Crippen LogP contribution >= 0.6 is 0 Å². The van der Waals surface area contributed by atoms with Crippen molar-refractivity contribution in [3.05, 3.63) is 120 Å². The summed E-state index contributed by atoms with van der Waals surface area (Å²) in [7, 11) is -7.08. The highest BCUT2D eigenvalue weighted by Gasteiger charge is 2.46. The molecule has 0 aliphatic heterocycles. The third-order valence-electron chi connectivity index (χ3n) is 10.2. The van der Waals surface area contributed by atoms with Crippen LogP contribution in [0.5, 0.6) is 23.0 Å². The predicted octanol–water partition coefficient (Wildman–Crippen LogP) is 9.83. The molecular weight excluding hydrogens is 731 g/mol. The lowest BCUT2D eigenvalue weighted by Gasteiger charge is -2.38. The number of benzene rings is 4. The van der Waals surface area contributed by atoms with Gasteiger partial charge in [-0.05, 0) is 126 Å². The minimum absolute atomic E-state index is 0.303. The molecule has 0 unspecified atom stereocenters. The van der Waals surface area contributed by atoms with Crippen molar-refractivity contribution in [2.45, 2.75) is 113 Å². The van der Waals surface area contributed by atoms with Crippen LogP contribution in [0.25, 0.3) is 0 Å². The van der Waals surface area contributed by atoms with Gasteiger partial charge in [0.1, 0.15) is 23.0 Å². The van der Waals surface area contributed by atoms with Gasteiger partial charge >= 0.3 is 0 Å². The molecule has 0 bridgehead atoms. The second-order valence-corrected chi connectivity index (χ2v) is 19.2. The van der Waals surface area contributed by atoms with Gasteiger partial charge in [-0.3, -0.25) is 0 Å². The summed E-state index contributed by atoms with van der Waals surface area (Å²) in [5.74, 6) is 2.65. The number of ether oxygens (including phenoxy) is 2. The van der Waals surface area contributed by atoms with E-state index in [-0.39, 0.29) is 0 Å². The number of halogens is 2. The number of hydrogen-bond acceptors (Lipinski definition) is 6. The second kappa shape index (κ2) is 17.7. The van der Waals surface area contributed by atoms with Crippen LogP contribution in [0, 0.1) is 0 Å². The summed E-state index contributed by atoms with van der Waals surface area (Å²) in [4.78, 5) is 0. The van der Waals surface area contributed by atoms with E-state index in [1.165, 1.54) is 0 Å². The van der Waals surface area contributed by atoms with E-state index in [1.54, 1.807) is 76.2 Å². The molecule has 4 atom stereocenters. The van der Waals surface area contributed by atoms with E-state index in [0.717, 1.165) is 25.7 Å². The fourth-order valence-corrected chi connectivity index (χ4v) is 8.73. The average Bonchev–Trinajstić information content (AvgIpc) is 3.15. The van der Waals surface area contributed by atoms with Crippen molar-refractivity contribution in [3.63, 3.8) is 0 Å². The summed E-state index contributed by atoms with van der Waals surface area (Å²) in [6.45, 7) is 6.39. The first-order valence-electron chi connectivity index (χ1n) is 18.7. The van der Waals surface area contributed by atoms with Gasteiger partial charge < -0.3 is 9.47 Å². The highest BCUT2D eigenvalue weighted by Crippen LogP contribution is 2.43. The third-order valence-corrected chi connectivity index (χ3v) is 13.9. The molecule has 8 nitrogen and oxygen atoms in total. The molecule has 2 aliphatic carbocycles. The Morgan fingerprint density at radius 2 is 0.833 bits per heavy atom. The van der Waals surface area contributed by atoms with E-state index in [2.05, 4.69) is 9.44 Å². The molecule has 54 heavy (non-hydrogen) atoms. The summed E-state index contributed by atoms with van der Waals surface area (Å²) >= 11 is 0. The minimum Gasteiger partial charge on any atom is -0.457 e. The SMILES string of the molecule is CC(C)S(=O)(=O)N[C@H]1CCCC[C@@]1(F)c1ccc(Oc2ccccc2)cc1.CC(C)S(=O)(=O)N[C@H]1CCCC[C@]1(F)c1ccc(Oc2ccccc2)cc1. The molecule has 0 heterocycles. The fourth-order valence-electron chi connectivity index (χ4n) is 6.78. The summed E-state index contributed by atoms with van der Waals surface area (Å²) < 4.78 is 97.7. The molecule has 0 spiro atoms. The van der Waals surface area contributed by atoms with E-state index in [9.17, 15) is 16.8 Å². The zero-order chi connectivity index (χ0) is 39.0. The van der Waals surface area contributed by atoms with Gasteiger partial charge in [-0.25, -0.2) is 35.1 Å². The minimum atomic E-state index is -3.54.